The maximum atomic E-state index is 2.46. The molecule has 0 aliphatic heterocycles. The van der Waals surface area contributed by atoms with E-state index in [1.54, 1.807) is 0 Å². The second-order valence-electron chi connectivity index (χ2n) is 17.5. The number of rotatable bonds is 6. The van der Waals surface area contributed by atoms with Crippen LogP contribution in [0.3, 0.4) is 0 Å². The van der Waals surface area contributed by atoms with Gasteiger partial charge in [-0.3, -0.25) is 0 Å². The van der Waals surface area contributed by atoms with Crippen LogP contribution in [0.1, 0.15) is 0 Å². The van der Waals surface area contributed by atoms with Crippen molar-refractivity contribution in [3.8, 4) is 66.8 Å². The number of fused-ring (bicyclic) bond motifs is 9. The van der Waals surface area contributed by atoms with Gasteiger partial charge in [-0.2, -0.15) is 0 Å². The Morgan fingerprint density at radius 2 is 0.470 bits per heavy atom. The van der Waals surface area contributed by atoms with E-state index in [-0.39, 0.29) is 0 Å². The quantitative estimate of drug-likeness (QED) is 0.116. The molecule has 0 spiro atoms. The van der Waals surface area contributed by atoms with Crippen LogP contribution >= 0.6 is 0 Å². The lowest BCUT2D eigenvalue weighted by molar-refractivity contribution is 1.62. The van der Waals surface area contributed by atoms with Crippen LogP contribution < -0.4 is 0 Å². The van der Waals surface area contributed by atoms with E-state index >= 15 is 0 Å². The molecule has 0 fully saturated rings. The van der Waals surface area contributed by atoms with Gasteiger partial charge in [-0.15, -0.1) is 0 Å². The molecule has 0 unspecified atom stereocenters. The smallest absolute Gasteiger partial charge is 0.000740 e. The Kier molecular flexibility index (Phi) is 8.96. The molecule has 0 amide bonds. The van der Waals surface area contributed by atoms with Gasteiger partial charge in [0.1, 0.15) is 0 Å². The van der Waals surface area contributed by atoms with Crippen LogP contribution in [0.25, 0.3) is 131 Å². The Morgan fingerprint density at radius 1 is 0.167 bits per heavy atom. The molecule has 0 nitrogen and oxygen atoms in total. The monoisotopic (exact) mass is 834 g/mol. The van der Waals surface area contributed by atoms with Crippen molar-refractivity contribution in [2.24, 2.45) is 0 Å². The minimum atomic E-state index is 1.20. The van der Waals surface area contributed by atoms with E-state index in [9.17, 15) is 0 Å². The molecule has 0 heterocycles. The topological polar surface area (TPSA) is 0 Å². The molecule has 0 saturated heterocycles. The SMILES string of the molecule is c1ccc(-c2ccc3c(c2)c2cc(-c4ccccc4)ccc2c2c(-c4cc5ccccc5cc4-c4ccccc4)c4ccccc4c(-c4cc5ccccc5cc4-c4ccccc4)c32)cc1. The molecule has 0 bridgehead atoms. The van der Waals surface area contributed by atoms with Crippen LogP contribution in [0.2, 0.25) is 0 Å². The lowest BCUT2D eigenvalue weighted by Crippen LogP contribution is -1.97. The first-order valence-electron chi connectivity index (χ1n) is 22.9. The first kappa shape index (κ1) is 37.9. The van der Waals surface area contributed by atoms with E-state index in [1.165, 1.54) is 131 Å². The first-order chi connectivity index (χ1) is 32.7. The number of benzene rings is 13. The predicted octanol–water partition coefficient (Wildman–Crippen LogP) is 18.6. The molecule has 306 valence electrons. The molecule has 0 aromatic heterocycles. The summed E-state index contributed by atoms with van der Waals surface area (Å²) in [5.74, 6) is 0. The molecule has 0 aliphatic carbocycles. The lowest BCUT2D eigenvalue weighted by atomic mass is 9.78. The molecule has 0 heteroatoms. The Hall–Kier alpha value is -8.58. The molecule has 66 heavy (non-hydrogen) atoms. The highest BCUT2D eigenvalue weighted by Crippen LogP contribution is 2.54. The summed E-state index contributed by atoms with van der Waals surface area (Å²) in [6.45, 7) is 0. The van der Waals surface area contributed by atoms with Crippen molar-refractivity contribution in [1.82, 2.24) is 0 Å². The number of hydrogen-bond acceptors (Lipinski definition) is 0. The van der Waals surface area contributed by atoms with Gasteiger partial charge in [0.25, 0.3) is 0 Å². The third-order valence-corrected chi connectivity index (χ3v) is 13.8. The Labute approximate surface area is 384 Å². The largest absolute Gasteiger partial charge is 0.0622 e. The van der Waals surface area contributed by atoms with Gasteiger partial charge in [0.05, 0.1) is 0 Å². The fourth-order valence-electron chi connectivity index (χ4n) is 10.7. The Morgan fingerprint density at radius 3 is 0.833 bits per heavy atom. The summed E-state index contributed by atoms with van der Waals surface area (Å²) < 4.78 is 0. The second kappa shape index (κ2) is 15.6. The minimum absolute atomic E-state index is 1.20. The van der Waals surface area contributed by atoms with Gasteiger partial charge in [-0.05, 0) is 168 Å². The van der Waals surface area contributed by atoms with E-state index in [2.05, 4.69) is 255 Å². The molecule has 13 rings (SSSR count). The summed E-state index contributed by atoms with van der Waals surface area (Å²) in [6.07, 6.45) is 0. The van der Waals surface area contributed by atoms with Gasteiger partial charge in [0.2, 0.25) is 0 Å². The molecule has 13 aromatic rings. The lowest BCUT2D eigenvalue weighted by Gasteiger charge is -2.25. The van der Waals surface area contributed by atoms with Crippen LogP contribution in [-0.2, 0) is 0 Å². The van der Waals surface area contributed by atoms with Crippen molar-refractivity contribution in [3.63, 3.8) is 0 Å². The van der Waals surface area contributed by atoms with E-state index in [1.807, 2.05) is 0 Å². The van der Waals surface area contributed by atoms with E-state index in [4.69, 9.17) is 0 Å². The van der Waals surface area contributed by atoms with Crippen LogP contribution in [0, 0.1) is 0 Å². The maximum absolute atomic E-state index is 2.46. The molecular formula is C66H42. The Bertz CT molecular complexity index is 3740. The molecule has 13 aromatic carbocycles. The van der Waals surface area contributed by atoms with Gasteiger partial charge in [-0.1, -0.05) is 218 Å². The average Bonchev–Trinajstić information content (AvgIpc) is 3.40. The molecule has 0 atom stereocenters. The Balaban J connectivity index is 1.30. The summed E-state index contributed by atoms with van der Waals surface area (Å²) in [5, 5.41) is 14.8. The highest BCUT2D eigenvalue weighted by atomic mass is 14.3. The zero-order valence-electron chi connectivity index (χ0n) is 36.2. The standard InChI is InChI=1S/C66H42/c1-5-19-43(20-6-1)51-33-35-55-59(39-51)60-40-52(44-21-7-2-8-22-44)34-36-56(60)66-64(62-42-50-30-16-14-28-48(50)38-58(62)46-25-11-4-12-26-46)54-32-18-17-31-53(54)63(65(55)66)61-41-49-29-15-13-27-47(49)37-57(61)45-23-9-3-10-24-45/h1-42H. The van der Waals surface area contributed by atoms with Crippen molar-refractivity contribution in [2.45, 2.75) is 0 Å². The highest BCUT2D eigenvalue weighted by molar-refractivity contribution is 6.38. The summed E-state index contributed by atoms with van der Waals surface area (Å²) in [6, 6.07) is 94.6. The number of hydrogen-bond donors (Lipinski definition) is 0. The predicted molar refractivity (Wildman–Crippen MR) is 284 cm³/mol. The fourth-order valence-corrected chi connectivity index (χ4v) is 10.7. The minimum Gasteiger partial charge on any atom is -0.0622 e. The van der Waals surface area contributed by atoms with Gasteiger partial charge < -0.3 is 0 Å². The third kappa shape index (κ3) is 6.22. The van der Waals surface area contributed by atoms with Crippen molar-refractivity contribution < 1.29 is 0 Å². The van der Waals surface area contributed by atoms with Gasteiger partial charge in [0, 0.05) is 0 Å². The van der Waals surface area contributed by atoms with Crippen molar-refractivity contribution >= 4 is 64.6 Å². The van der Waals surface area contributed by atoms with Crippen molar-refractivity contribution in [1.29, 1.82) is 0 Å². The van der Waals surface area contributed by atoms with Crippen LogP contribution in [0.15, 0.2) is 255 Å². The van der Waals surface area contributed by atoms with Gasteiger partial charge >= 0.3 is 0 Å². The molecular weight excluding hydrogens is 793 g/mol. The van der Waals surface area contributed by atoms with E-state index in [0.29, 0.717) is 0 Å². The zero-order valence-corrected chi connectivity index (χ0v) is 36.2. The zero-order chi connectivity index (χ0) is 43.6. The molecule has 0 saturated carbocycles. The fraction of sp³-hybridized carbons (Fsp3) is 0. The molecule has 0 radical (unpaired) electrons. The van der Waals surface area contributed by atoms with Gasteiger partial charge in [0.15, 0.2) is 0 Å². The molecule has 0 N–H and O–H groups in total. The van der Waals surface area contributed by atoms with Crippen molar-refractivity contribution in [3.05, 3.63) is 255 Å². The summed E-state index contributed by atoms with van der Waals surface area (Å²) >= 11 is 0. The van der Waals surface area contributed by atoms with Crippen molar-refractivity contribution in [2.75, 3.05) is 0 Å². The normalized spacial score (nSPS) is 11.6. The van der Waals surface area contributed by atoms with Crippen LogP contribution in [0.4, 0.5) is 0 Å². The molecule has 0 aliphatic rings. The van der Waals surface area contributed by atoms with E-state index in [0.717, 1.165) is 0 Å². The highest BCUT2D eigenvalue weighted by Gasteiger charge is 2.26. The average molecular weight is 835 g/mol. The second-order valence-corrected chi connectivity index (χ2v) is 17.5. The first-order valence-corrected chi connectivity index (χ1v) is 22.9. The summed E-state index contributed by atoms with van der Waals surface area (Å²) in [4.78, 5) is 0. The third-order valence-electron chi connectivity index (χ3n) is 13.8. The summed E-state index contributed by atoms with van der Waals surface area (Å²) in [7, 11) is 0. The maximum Gasteiger partial charge on any atom is -0.000740 e. The van der Waals surface area contributed by atoms with Crippen LogP contribution in [0.5, 0.6) is 0 Å². The van der Waals surface area contributed by atoms with Crippen LogP contribution in [-0.4, -0.2) is 0 Å². The van der Waals surface area contributed by atoms with E-state index < -0.39 is 0 Å². The summed E-state index contributed by atoms with van der Waals surface area (Å²) in [5.41, 5.74) is 14.6. The van der Waals surface area contributed by atoms with Gasteiger partial charge in [-0.25, -0.2) is 0 Å².